The maximum atomic E-state index is 12.0. The molecule has 130 valence electrons. The Bertz CT molecular complexity index is 504. The lowest BCUT2D eigenvalue weighted by atomic mass is 9.78. The number of methoxy groups -OCH3 is 2. The molecule has 1 aliphatic carbocycles. The van der Waals surface area contributed by atoms with Gasteiger partial charge in [0, 0.05) is 19.1 Å². The lowest BCUT2D eigenvalue weighted by Crippen LogP contribution is -2.47. The normalized spacial score (nSPS) is 17.2. The molecule has 1 aromatic carbocycles. The number of hydrogen-bond acceptors (Lipinski definition) is 4. The molecule has 5 nitrogen and oxygen atoms in total. The molecule has 1 amide bonds. The van der Waals surface area contributed by atoms with Gasteiger partial charge in [0.15, 0.2) is 0 Å². The number of rotatable bonds is 7. The van der Waals surface area contributed by atoms with Crippen molar-refractivity contribution in [3.05, 3.63) is 29.8 Å². The molecular weight excluding hydrogens is 316 g/mol. The zero-order valence-electron chi connectivity index (χ0n) is 13.8. The van der Waals surface area contributed by atoms with E-state index in [1.165, 1.54) is 18.4 Å². The Hall–Kier alpha value is -1.30. The lowest BCUT2D eigenvalue weighted by molar-refractivity contribution is -0.123. The van der Waals surface area contributed by atoms with E-state index in [1.54, 1.807) is 14.2 Å². The van der Waals surface area contributed by atoms with Crippen LogP contribution < -0.4 is 15.8 Å². The maximum Gasteiger partial charge on any atom is 0.239 e. The van der Waals surface area contributed by atoms with Crippen molar-refractivity contribution in [2.24, 2.45) is 5.73 Å². The Labute approximate surface area is 144 Å². The average Bonchev–Trinajstić information content (AvgIpc) is 3.03. The minimum Gasteiger partial charge on any atom is -0.497 e. The molecule has 0 bridgehead atoms. The highest BCUT2D eigenvalue weighted by Gasteiger charge is 2.36. The Balaban J connectivity index is 0.00000264. The molecule has 0 aromatic heterocycles. The van der Waals surface area contributed by atoms with E-state index >= 15 is 0 Å². The third-order valence-electron chi connectivity index (χ3n) is 4.53. The molecule has 23 heavy (non-hydrogen) atoms. The van der Waals surface area contributed by atoms with E-state index in [-0.39, 0.29) is 30.3 Å². The van der Waals surface area contributed by atoms with Gasteiger partial charge in [-0.2, -0.15) is 0 Å². The first-order valence-electron chi connectivity index (χ1n) is 7.78. The standard InChI is InChI=1S/C17H26N2O3.ClH/c1-21-11-15(18)16(20)19-12-17(8-3-4-9-17)13-6-5-7-14(10-13)22-2;/h5-7,10,15H,3-4,8-9,11-12,18H2,1-2H3,(H,19,20);1H. The summed E-state index contributed by atoms with van der Waals surface area (Å²) < 4.78 is 10.3. The van der Waals surface area contributed by atoms with E-state index in [2.05, 4.69) is 17.4 Å². The van der Waals surface area contributed by atoms with E-state index in [4.69, 9.17) is 15.2 Å². The van der Waals surface area contributed by atoms with Crippen molar-refractivity contribution in [3.8, 4) is 5.75 Å². The molecule has 0 heterocycles. The van der Waals surface area contributed by atoms with Gasteiger partial charge in [-0.3, -0.25) is 4.79 Å². The van der Waals surface area contributed by atoms with E-state index in [1.807, 2.05) is 12.1 Å². The summed E-state index contributed by atoms with van der Waals surface area (Å²) >= 11 is 0. The summed E-state index contributed by atoms with van der Waals surface area (Å²) in [6, 6.07) is 7.53. The molecule has 6 heteroatoms. The lowest BCUT2D eigenvalue weighted by Gasteiger charge is -2.30. The second kappa shape index (κ2) is 9.11. The van der Waals surface area contributed by atoms with Crippen LogP contribution in [0.4, 0.5) is 0 Å². The van der Waals surface area contributed by atoms with Crippen LogP contribution in [-0.2, 0) is 14.9 Å². The first kappa shape index (κ1) is 19.7. The van der Waals surface area contributed by atoms with Crippen molar-refractivity contribution in [2.45, 2.75) is 37.1 Å². The second-order valence-corrected chi connectivity index (χ2v) is 6.00. The number of nitrogens with one attached hydrogen (secondary N) is 1. The summed E-state index contributed by atoms with van der Waals surface area (Å²) in [5.41, 5.74) is 6.99. The summed E-state index contributed by atoms with van der Waals surface area (Å²) in [5, 5.41) is 3.00. The highest BCUT2D eigenvalue weighted by Crippen LogP contribution is 2.41. The van der Waals surface area contributed by atoms with Crippen LogP contribution in [0.15, 0.2) is 24.3 Å². The van der Waals surface area contributed by atoms with Crippen molar-refractivity contribution in [1.82, 2.24) is 5.32 Å². The summed E-state index contributed by atoms with van der Waals surface area (Å²) in [6.45, 7) is 0.842. The van der Waals surface area contributed by atoms with Crippen molar-refractivity contribution < 1.29 is 14.3 Å². The minimum absolute atomic E-state index is 0. The Morgan fingerprint density at radius 3 is 2.65 bits per heavy atom. The molecule has 1 aromatic rings. The first-order valence-corrected chi connectivity index (χ1v) is 7.78. The predicted octanol–water partition coefficient (Wildman–Crippen LogP) is 2.02. The Kier molecular flexibility index (Phi) is 7.82. The van der Waals surface area contributed by atoms with E-state index in [9.17, 15) is 4.79 Å². The van der Waals surface area contributed by atoms with Crippen LogP contribution in [0.2, 0.25) is 0 Å². The third-order valence-corrected chi connectivity index (χ3v) is 4.53. The highest BCUT2D eigenvalue weighted by atomic mass is 35.5. The summed E-state index contributed by atoms with van der Waals surface area (Å²) in [4.78, 5) is 12.0. The number of nitrogens with two attached hydrogens (primary N) is 1. The predicted molar refractivity (Wildman–Crippen MR) is 93.2 cm³/mol. The largest absolute Gasteiger partial charge is 0.497 e. The van der Waals surface area contributed by atoms with Crippen LogP contribution in [0.25, 0.3) is 0 Å². The number of amides is 1. The fraction of sp³-hybridized carbons (Fsp3) is 0.588. The van der Waals surface area contributed by atoms with Crippen LogP contribution in [0.3, 0.4) is 0 Å². The summed E-state index contributed by atoms with van der Waals surface area (Å²) in [7, 11) is 3.22. The van der Waals surface area contributed by atoms with Gasteiger partial charge in [-0.1, -0.05) is 25.0 Å². The van der Waals surface area contributed by atoms with Crippen LogP contribution >= 0.6 is 12.4 Å². The van der Waals surface area contributed by atoms with Gasteiger partial charge in [0.1, 0.15) is 11.8 Å². The van der Waals surface area contributed by atoms with E-state index in [0.29, 0.717) is 6.54 Å². The fourth-order valence-corrected chi connectivity index (χ4v) is 3.21. The van der Waals surface area contributed by atoms with Gasteiger partial charge in [0.05, 0.1) is 13.7 Å². The van der Waals surface area contributed by atoms with E-state index < -0.39 is 6.04 Å². The summed E-state index contributed by atoms with van der Waals surface area (Å²) in [6.07, 6.45) is 4.49. The van der Waals surface area contributed by atoms with Gasteiger partial charge in [0.2, 0.25) is 5.91 Å². The van der Waals surface area contributed by atoms with E-state index in [0.717, 1.165) is 18.6 Å². The van der Waals surface area contributed by atoms with Crippen molar-refractivity contribution in [1.29, 1.82) is 0 Å². The SMILES string of the molecule is COCC(N)C(=O)NCC1(c2cccc(OC)c2)CCCC1.Cl. The van der Waals surface area contributed by atoms with Gasteiger partial charge < -0.3 is 20.5 Å². The second-order valence-electron chi connectivity index (χ2n) is 6.00. The number of ether oxygens (including phenoxy) is 2. The third kappa shape index (κ3) is 4.83. The average molecular weight is 343 g/mol. The van der Waals surface area contributed by atoms with Gasteiger partial charge in [-0.25, -0.2) is 0 Å². The number of carbonyl (C=O) groups excluding carboxylic acids is 1. The molecule has 0 saturated heterocycles. The molecule has 1 atom stereocenters. The molecule has 2 rings (SSSR count). The quantitative estimate of drug-likeness (QED) is 0.795. The fourth-order valence-electron chi connectivity index (χ4n) is 3.21. The maximum absolute atomic E-state index is 12.0. The number of hydrogen-bond donors (Lipinski definition) is 2. The number of halogens is 1. The van der Waals surface area contributed by atoms with Crippen LogP contribution in [0.5, 0.6) is 5.75 Å². The van der Waals surface area contributed by atoms with Gasteiger partial charge in [-0.15, -0.1) is 12.4 Å². The number of benzene rings is 1. The van der Waals surface area contributed by atoms with Crippen LogP contribution in [0, 0.1) is 0 Å². The zero-order chi connectivity index (χ0) is 16.0. The molecule has 1 fully saturated rings. The van der Waals surface area contributed by atoms with Gasteiger partial charge in [0.25, 0.3) is 0 Å². The molecule has 0 spiro atoms. The smallest absolute Gasteiger partial charge is 0.239 e. The van der Waals surface area contributed by atoms with Crippen molar-refractivity contribution in [3.63, 3.8) is 0 Å². The van der Waals surface area contributed by atoms with Crippen LogP contribution in [-0.4, -0.2) is 39.3 Å². The van der Waals surface area contributed by atoms with Gasteiger partial charge >= 0.3 is 0 Å². The van der Waals surface area contributed by atoms with Crippen molar-refractivity contribution in [2.75, 3.05) is 27.4 Å². The minimum atomic E-state index is -0.617. The molecule has 1 unspecified atom stereocenters. The Morgan fingerprint density at radius 2 is 2.04 bits per heavy atom. The highest BCUT2D eigenvalue weighted by molar-refractivity contribution is 5.85. The Morgan fingerprint density at radius 1 is 1.35 bits per heavy atom. The van der Waals surface area contributed by atoms with Crippen molar-refractivity contribution >= 4 is 18.3 Å². The monoisotopic (exact) mass is 342 g/mol. The molecule has 0 aliphatic heterocycles. The molecule has 0 radical (unpaired) electrons. The zero-order valence-corrected chi connectivity index (χ0v) is 14.7. The van der Waals surface area contributed by atoms with Gasteiger partial charge in [-0.05, 0) is 30.5 Å². The molecule has 1 saturated carbocycles. The molecule has 1 aliphatic rings. The number of carbonyl (C=O) groups is 1. The molecular formula is C17H27ClN2O3. The topological polar surface area (TPSA) is 73.6 Å². The summed E-state index contributed by atoms with van der Waals surface area (Å²) in [5.74, 6) is 0.696. The first-order chi connectivity index (χ1) is 10.6. The van der Waals surface area contributed by atoms with Crippen LogP contribution in [0.1, 0.15) is 31.2 Å². The molecule has 3 N–H and O–H groups in total.